The fourth-order valence-electron chi connectivity index (χ4n) is 4.17. The van der Waals surface area contributed by atoms with E-state index in [1.165, 1.54) is 16.7 Å². The van der Waals surface area contributed by atoms with Crippen LogP contribution in [0.5, 0.6) is 0 Å². The average Bonchev–Trinajstić information content (AvgIpc) is 3.32. The second-order valence-electron chi connectivity index (χ2n) is 8.90. The number of nitrogen functional groups attached to an aromatic ring is 1. The summed E-state index contributed by atoms with van der Waals surface area (Å²) >= 11 is 2.24. The van der Waals surface area contributed by atoms with Crippen LogP contribution in [0, 0.1) is 0 Å². The fourth-order valence-corrected chi connectivity index (χ4v) is 5.94. The highest BCUT2D eigenvalue weighted by molar-refractivity contribution is 8.00. The highest BCUT2D eigenvalue weighted by Crippen LogP contribution is 2.40. The van der Waals surface area contributed by atoms with Gasteiger partial charge < -0.3 is 25.8 Å². The number of amides is 2. The SMILES string of the molecule is CC(C)O/N=C(/C(=O)NC1C(=O)N2C(C(=O)[O-])=C(C[n+]3ccc4ccccc4c3)CS[C@H]12)c1nsc(N)n1. The lowest BCUT2D eigenvalue weighted by molar-refractivity contribution is -0.687. The molecule has 2 amide bonds. The Labute approximate surface area is 225 Å². The zero-order chi connectivity index (χ0) is 27.0. The summed E-state index contributed by atoms with van der Waals surface area (Å²) < 4.78 is 5.88. The van der Waals surface area contributed by atoms with Gasteiger partial charge in [-0.2, -0.15) is 9.36 Å². The number of carbonyl (C=O) groups is 3. The van der Waals surface area contributed by atoms with Gasteiger partial charge in [0.25, 0.3) is 11.8 Å². The summed E-state index contributed by atoms with van der Waals surface area (Å²) in [7, 11) is 0. The van der Waals surface area contributed by atoms with Crippen LogP contribution in [0.2, 0.25) is 0 Å². The number of aliphatic carboxylic acids is 1. The molecule has 5 rings (SSSR count). The third-order valence-electron chi connectivity index (χ3n) is 5.87. The molecule has 1 fully saturated rings. The Bertz CT molecular complexity index is 1500. The fraction of sp³-hybridized carbons (Fsp3) is 0.292. The Hall–Kier alpha value is -4.04. The van der Waals surface area contributed by atoms with E-state index in [0.717, 1.165) is 22.3 Å². The number of carbonyl (C=O) groups excluding carboxylic acids is 3. The first-order valence-electron chi connectivity index (χ1n) is 11.6. The summed E-state index contributed by atoms with van der Waals surface area (Å²) in [6.07, 6.45) is 3.46. The van der Waals surface area contributed by atoms with Gasteiger partial charge in [0.15, 0.2) is 24.1 Å². The highest BCUT2D eigenvalue weighted by atomic mass is 32.2. The minimum Gasteiger partial charge on any atom is -0.543 e. The molecule has 1 unspecified atom stereocenters. The molecule has 4 heterocycles. The molecule has 14 heteroatoms. The number of thioether (sulfide) groups is 1. The molecule has 2 atom stereocenters. The van der Waals surface area contributed by atoms with Gasteiger partial charge in [-0.3, -0.25) is 14.5 Å². The van der Waals surface area contributed by atoms with Gasteiger partial charge in [0, 0.05) is 34.3 Å². The second kappa shape index (κ2) is 10.4. The van der Waals surface area contributed by atoms with E-state index in [4.69, 9.17) is 10.6 Å². The van der Waals surface area contributed by atoms with Gasteiger partial charge in [0.2, 0.25) is 11.5 Å². The van der Waals surface area contributed by atoms with Gasteiger partial charge in [-0.25, -0.2) is 4.57 Å². The van der Waals surface area contributed by atoms with Gasteiger partial charge in [0.1, 0.15) is 17.5 Å². The minimum atomic E-state index is -1.44. The topological polar surface area (TPSA) is 167 Å². The van der Waals surface area contributed by atoms with Gasteiger partial charge in [0.05, 0.1) is 11.7 Å². The number of anilines is 1. The van der Waals surface area contributed by atoms with Crippen molar-refractivity contribution in [1.29, 1.82) is 0 Å². The zero-order valence-corrected chi connectivity index (χ0v) is 22.0. The predicted octanol–water partition coefficient (Wildman–Crippen LogP) is -0.206. The number of rotatable bonds is 8. The van der Waals surface area contributed by atoms with Crippen LogP contribution in [0.3, 0.4) is 0 Å². The van der Waals surface area contributed by atoms with Crippen LogP contribution in [0.1, 0.15) is 19.7 Å². The van der Waals surface area contributed by atoms with Crippen molar-refractivity contribution in [2.75, 3.05) is 11.5 Å². The lowest BCUT2D eigenvalue weighted by Crippen LogP contribution is -2.71. The molecule has 38 heavy (non-hydrogen) atoms. The number of nitrogens with two attached hydrogens (primary N) is 1. The van der Waals surface area contributed by atoms with Crippen molar-refractivity contribution in [2.45, 2.75) is 37.9 Å². The number of oxime groups is 1. The molecular formula is C24H23N7O5S2. The molecule has 0 spiro atoms. The van der Waals surface area contributed by atoms with Gasteiger partial charge in [-0.15, -0.1) is 11.8 Å². The van der Waals surface area contributed by atoms with E-state index in [1.807, 2.05) is 47.3 Å². The number of hydrogen-bond donors (Lipinski definition) is 2. The molecule has 0 aliphatic carbocycles. The van der Waals surface area contributed by atoms with Crippen molar-refractivity contribution in [1.82, 2.24) is 19.6 Å². The molecule has 1 saturated heterocycles. The van der Waals surface area contributed by atoms with Crippen molar-refractivity contribution in [2.24, 2.45) is 5.16 Å². The number of aromatic nitrogens is 3. The summed E-state index contributed by atoms with van der Waals surface area (Å²) in [5.74, 6) is -2.44. The Balaban J connectivity index is 1.36. The maximum atomic E-state index is 13.1. The van der Waals surface area contributed by atoms with Crippen LogP contribution >= 0.6 is 23.3 Å². The number of nitrogens with zero attached hydrogens (tertiary/aromatic N) is 5. The summed E-state index contributed by atoms with van der Waals surface area (Å²) in [6.45, 7) is 3.74. The van der Waals surface area contributed by atoms with Gasteiger partial charge in [-0.05, 0) is 25.3 Å². The molecule has 3 N–H and O–H groups in total. The summed E-state index contributed by atoms with van der Waals surface area (Å²) in [5, 5.41) is 20.2. The number of pyridine rings is 1. The molecule has 3 aromatic rings. The maximum absolute atomic E-state index is 13.1. The molecule has 196 valence electrons. The highest BCUT2D eigenvalue weighted by Gasteiger charge is 2.53. The number of carboxylic acid groups (broad SMARTS) is 1. The molecule has 2 aromatic heterocycles. The molecule has 0 saturated carbocycles. The lowest BCUT2D eigenvalue weighted by atomic mass is 10.0. The summed E-state index contributed by atoms with van der Waals surface area (Å²) in [4.78, 5) is 48.7. The number of fused-ring (bicyclic) bond motifs is 2. The molecule has 12 nitrogen and oxygen atoms in total. The maximum Gasteiger partial charge on any atom is 0.278 e. The van der Waals surface area contributed by atoms with E-state index in [9.17, 15) is 19.5 Å². The molecule has 2 aliphatic heterocycles. The van der Waals surface area contributed by atoms with E-state index in [2.05, 4.69) is 19.8 Å². The lowest BCUT2D eigenvalue weighted by Gasteiger charge is -2.50. The van der Waals surface area contributed by atoms with Crippen molar-refractivity contribution >= 4 is 62.7 Å². The first kappa shape index (κ1) is 25.6. The second-order valence-corrected chi connectivity index (χ2v) is 10.8. The van der Waals surface area contributed by atoms with E-state index >= 15 is 0 Å². The number of β-lactam (4-membered cyclic amide) rings is 1. The predicted molar refractivity (Wildman–Crippen MR) is 138 cm³/mol. The van der Waals surface area contributed by atoms with E-state index < -0.39 is 29.2 Å². The van der Waals surface area contributed by atoms with Crippen LogP contribution < -0.4 is 20.7 Å². The molecular weight excluding hydrogens is 530 g/mol. The quantitative estimate of drug-likeness (QED) is 0.166. The largest absolute Gasteiger partial charge is 0.543 e. The van der Waals surface area contributed by atoms with Crippen LogP contribution in [-0.4, -0.2) is 61.0 Å². The van der Waals surface area contributed by atoms with Crippen molar-refractivity contribution < 1.29 is 28.9 Å². The minimum absolute atomic E-state index is 0.0319. The van der Waals surface area contributed by atoms with E-state index in [1.54, 1.807) is 13.8 Å². The number of benzene rings is 1. The van der Waals surface area contributed by atoms with Crippen LogP contribution in [-0.2, 0) is 25.8 Å². The third-order valence-corrected chi connectivity index (χ3v) is 7.75. The van der Waals surface area contributed by atoms with Gasteiger partial charge >= 0.3 is 0 Å². The number of carboxylic acids is 1. The number of hydrogen-bond acceptors (Lipinski definition) is 11. The standard InChI is InChI=1S/C24H23N7O5S2/c1-12(2)36-28-16(19-27-24(25)38-29-19)20(32)26-17-21(33)31-18(23(34)35)15(11-37-22(17)31)10-30-8-7-13-5-3-4-6-14(13)9-30/h3-9,12,17,22H,10-11H2,1-2H3,(H3-,25,26,27,29,32,34,35)/b28-16+/t17?,22-/m1/s1. The van der Waals surface area contributed by atoms with Gasteiger partial charge in [-0.1, -0.05) is 23.4 Å². The molecule has 2 aliphatic rings. The van der Waals surface area contributed by atoms with Crippen LogP contribution in [0.25, 0.3) is 10.8 Å². The first-order valence-corrected chi connectivity index (χ1v) is 13.4. The van der Waals surface area contributed by atoms with Crippen molar-refractivity contribution in [3.05, 3.63) is 59.8 Å². The Morgan fingerprint density at radius 1 is 1.32 bits per heavy atom. The Kier molecular flexibility index (Phi) is 6.99. The normalized spacial score (nSPS) is 19.4. The summed E-state index contributed by atoms with van der Waals surface area (Å²) in [5.41, 5.74) is 5.78. The number of nitrogens with one attached hydrogen (secondary N) is 1. The molecule has 0 radical (unpaired) electrons. The van der Waals surface area contributed by atoms with Crippen molar-refractivity contribution in [3.63, 3.8) is 0 Å². The first-order chi connectivity index (χ1) is 18.2. The Morgan fingerprint density at radius 3 is 2.76 bits per heavy atom. The van der Waals surface area contributed by atoms with Crippen LogP contribution in [0.4, 0.5) is 5.13 Å². The summed E-state index contributed by atoms with van der Waals surface area (Å²) in [6, 6.07) is 8.80. The van der Waals surface area contributed by atoms with Crippen molar-refractivity contribution in [3.8, 4) is 0 Å². The zero-order valence-electron chi connectivity index (χ0n) is 20.4. The van der Waals surface area contributed by atoms with E-state index in [0.29, 0.717) is 11.3 Å². The molecule has 0 bridgehead atoms. The molecule has 1 aromatic carbocycles. The van der Waals surface area contributed by atoms with Crippen LogP contribution in [0.15, 0.2) is 59.2 Å². The average molecular weight is 554 g/mol. The third kappa shape index (κ3) is 4.91. The van der Waals surface area contributed by atoms with E-state index in [-0.39, 0.29) is 35.0 Å². The monoisotopic (exact) mass is 553 g/mol. The Morgan fingerprint density at radius 2 is 2.08 bits per heavy atom. The smallest absolute Gasteiger partial charge is 0.278 e.